The van der Waals surface area contributed by atoms with Gasteiger partial charge in [-0.2, -0.15) is 0 Å². The minimum Gasteiger partial charge on any atom is -0.377 e. The molecule has 0 bridgehead atoms. The van der Waals surface area contributed by atoms with Crippen molar-refractivity contribution in [2.75, 3.05) is 18.5 Å². The molecule has 0 radical (unpaired) electrons. The van der Waals surface area contributed by atoms with E-state index in [1.807, 2.05) is 0 Å². The van der Waals surface area contributed by atoms with Crippen LogP contribution in [0, 0.1) is 15.9 Å². The summed E-state index contributed by atoms with van der Waals surface area (Å²) in [6.07, 6.45) is 3.06. The molecule has 0 aliphatic carbocycles. The van der Waals surface area contributed by atoms with Gasteiger partial charge in [-0.1, -0.05) is 11.6 Å². The second kappa shape index (κ2) is 6.16. The fraction of sp³-hybridized carbons (Fsp3) is 0.500. The number of anilines is 1. The number of hydrogen-bond donors (Lipinski definition) is 1. The second-order valence-electron chi connectivity index (χ2n) is 4.41. The van der Waals surface area contributed by atoms with Crippen molar-refractivity contribution in [2.45, 2.75) is 25.4 Å². The highest BCUT2D eigenvalue weighted by Gasteiger charge is 2.20. The smallest absolute Gasteiger partial charge is 0.295 e. The molecule has 1 aromatic rings. The van der Waals surface area contributed by atoms with Crippen LogP contribution in [0.4, 0.5) is 15.8 Å². The zero-order chi connectivity index (χ0) is 13.8. The third kappa shape index (κ3) is 3.54. The van der Waals surface area contributed by atoms with Crippen LogP contribution in [0.3, 0.4) is 0 Å². The lowest BCUT2D eigenvalue weighted by Gasteiger charge is -2.23. The van der Waals surface area contributed by atoms with Crippen molar-refractivity contribution >= 4 is 23.0 Å². The number of hydrogen-bond acceptors (Lipinski definition) is 4. The summed E-state index contributed by atoms with van der Waals surface area (Å²) in [6, 6.07) is 2.06. The maximum atomic E-state index is 13.2. The normalized spacial score (nSPS) is 19.2. The average molecular weight is 289 g/mol. The first kappa shape index (κ1) is 14.0. The van der Waals surface area contributed by atoms with E-state index in [4.69, 9.17) is 16.3 Å². The molecule has 1 N–H and O–H groups in total. The van der Waals surface area contributed by atoms with Crippen molar-refractivity contribution in [3.05, 3.63) is 33.1 Å². The summed E-state index contributed by atoms with van der Waals surface area (Å²) in [6.45, 7) is 1.15. The molecule has 7 heteroatoms. The molecule has 1 unspecified atom stereocenters. The average Bonchev–Trinajstić information content (AvgIpc) is 2.40. The Balaban J connectivity index is 2.09. The first-order valence-corrected chi connectivity index (χ1v) is 6.44. The van der Waals surface area contributed by atoms with Gasteiger partial charge in [-0.25, -0.2) is 4.39 Å². The van der Waals surface area contributed by atoms with Crippen LogP contribution in [0.15, 0.2) is 12.1 Å². The maximum Gasteiger partial charge on any atom is 0.295 e. The predicted molar refractivity (Wildman–Crippen MR) is 70.1 cm³/mol. The number of nitrogens with one attached hydrogen (secondary N) is 1. The fourth-order valence-corrected chi connectivity index (χ4v) is 2.18. The largest absolute Gasteiger partial charge is 0.377 e. The SMILES string of the molecule is O=[N+]([O-])c1cc(F)c(Cl)cc1NCC1CCCCO1. The predicted octanol–water partition coefficient (Wildman–Crippen LogP) is 3.37. The molecule has 104 valence electrons. The van der Waals surface area contributed by atoms with Crippen molar-refractivity contribution in [3.8, 4) is 0 Å². The Bertz CT molecular complexity index is 478. The summed E-state index contributed by atoms with van der Waals surface area (Å²) in [4.78, 5) is 10.2. The first-order chi connectivity index (χ1) is 9.08. The number of halogens is 2. The Morgan fingerprint density at radius 3 is 2.95 bits per heavy atom. The van der Waals surface area contributed by atoms with Crippen molar-refractivity contribution in [1.29, 1.82) is 0 Å². The highest BCUT2D eigenvalue weighted by molar-refractivity contribution is 6.31. The van der Waals surface area contributed by atoms with Gasteiger partial charge in [0.2, 0.25) is 0 Å². The van der Waals surface area contributed by atoms with Crippen LogP contribution in [-0.2, 0) is 4.74 Å². The summed E-state index contributed by atoms with van der Waals surface area (Å²) in [5, 5.41) is 13.6. The third-order valence-electron chi connectivity index (χ3n) is 3.03. The lowest BCUT2D eigenvalue weighted by Crippen LogP contribution is -2.27. The zero-order valence-corrected chi connectivity index (χ0v) is 11.0. The molecular formula is C12H14ClFN2O3. The molecule has 2 rings (SSSR count). The molecule has 0 aromatic heterocycles. The van der Waals surface area contributed by atoms with Crippen LogP contribution >= 0.6 is 11.6 Å². The molecule has 5 nitrogen and oxygen atoms in total. The van der Waals surface area contributed by atoms with E-state index in [1.54, 1.807) is 0 Å². The number of nitrogens with zero attached hydrogens (tertiary/aromatic N) is 1. The maximum absolute atomic E-state index is 13.2. The highest BCUT2D eigenvalue weighted by Crippen LogP contribution is 2.30. The fourth-order valence-electron chi connectivity index (χ4n) is 2.02. The van der Waals surface area contributed by atoms with E-state index in [1.165, 1.54) is 6.07 Å². The quantitative estimate of drug-likeness (QED) is 0.681. The molecule has 1 heterocycles. The van der Waals surface area contributed by atoms with Gasteiger partial charge in [0.05, 0.1) is 22.1 Å². The van der Waals surface area contributed by atoms with Gasteiger partial charge in [0.25, 0.3) is 5.69 Å². The van der Waals surface area contributed by atoms with Crippen molar-refractivity contribution < 1.29 is 14.1 Å². The standard InChI is InChI=1S/C12H14ClFN2O3/c13-9-5-11(12(16(17)18)6-10(9)14)15-7-8-3-1-2-4-19-8/h5-6,8,15H,1-4,7H2. The van der Waals surface area contributed by atoms with E-state index in [9.17, 15) is 14.5 Å². The lowest BCUT2D eigenvalue weighted by atomic mass is 10.1. The molecule has 0 amide bonds. The van der Waals surface area contributed by atoms with Gasteiger partial charge in [-0.15, -0.1) is 0 Å². The van der Waals surface area contributed by atoms with Crippen molar-refractivity contribution in [3.63, 3.8) is 0 Å². The minimum absolute atomic E-state index is 0.0252. The molecule has 1 aromatic carbocycles. The molecule has 1 fully saturated rings. The van der Waals surface area contributed by atoms with Crippen LogP contribution in [0.25, 0.3) is 0 Å². The highest BCUT2D eigenvalue weighted by atomic mass is 35.5. The summed E-state index contributed by atoms with van der Waals surface area (Å²) < 4.78 is 18.7. The zero-order valence-electron chi connectivity index (χ0n) is 10.2. The molecule has 1 aliphatic heterocycles. The Morgan fingerprint density at radius 1 is 1.53 bits per heavy atom. The number of nitro groups is 1. The van der Waals surface area contributed by atoms with Gasteiger partial charge < -0.3 is 10.1 Å². The van der Waals surface area contributed by atoms with E-state index in [0.717, 1.165) is 25.3 Å². The summed E-state index contributed by atoms with van der Waals surface area (Å²) in [5.74, 6) is -0.798. The van der Waals surface area contributed by atoms with E-state index in [2.05, 4.69) is 5.32 Å². The molecule has 19 heavy (non-hydrogen) atoms. The van der Waals surface area contributed by atoms with Crippen LogP contribution in [0.2, 0.25) is 5.02 Å². The van der Waals surface area contributed by atoms with E-state index >= 15 is 0 Å². The molecule has 1 saturated heterocycles. The van der Waals surface area contributed by atoms with Crippen LogP contribution in [-0.4, -0.2) is 24.2 Å². The summed E-state index contributed by atoms with van der Waals surface area (Å²) in [7, 11) is 0. The third-order valence-corrected chi connectivity index (χ3v) is 3.32. The first-order valence-electron chi connectivity index (χ1n) is 6.07. The van der Waals surface area contributed by atoms with Crippen LogP contribution in [0.5, 0.6) is 0 Å². The van der Waals surface area contributed by atoms with Gasteiger partial charge in [0.15, 0.2) is 0 Å². The van der Waals surface area contributed by atoms with Gasteiger partial charge in [0.1, 0.15) is 11.5 Å². The van der Waals surface area contributed by atoms with E-state index in [-0.39, 0.29) is 22.5 Å². The number of ether oxygens (including phenoxy) is 1. The monoisotopic (exact) mass is 288 g/mol. The summed E-state index contributed by atoms with van der Waals surface area (Å²) in [5.41, 5.74) is -0.108. The lowest BCUT2D eigenvalue weighted by molar-refractivity contribution is -0.384. The van der Waals surface area contributed by atoms with Crippen molar-refractivity contribution in [1.82, 2.24) is 0 Å². The molecule has 0 spiro atoms. The molecular weight excluding hydrogens is 275 g/mol. The molecule has 1 atom stereocenters. The summed E-state index contributed by atoms with van der Waals surface area (Å²) >= 11 is 5.64. The Labute approximate surface area is 114 Å². The van der Waals surface area contributed by atoms with Gasteiger partial charge in [0, 0.05) is 13.2 Å². The number of rotatable bonds is 4. The topological polar surface area (TPSA) is 64.4 Å². The van der Waals surface area contributed by atoms with Gasteiger partial charge in [-0.05, 0) is 25.3 Å². The van der Waals surface area contributed by atoms with Crippen molar-refractivity contribution in [2.24, 2.45) is 0 Å². The molecule has 0 saturated carbocycles. The van der Waals surface area contributed by atoms with Crippen LogP contribution in [0.1, 0.15) is 19.3 Å². The number of benzene rings is 1. The Kier molecular flexibility index (Phi) is 4.55. The van der Waals surface area contributed by atoms with E-state index < -0.39 is 10.7 Å². The minimum atomic E-state index is -0.798. The second-order valence-corrected chi connectivity index (χ2v) is 4.82. The molecule has 1 aliphatic rings. The Morgan fingerprint density at radius 2 is 2.32 bits per heavy atom. The van der Waals surface area contributed by atoms with E-state index in [0.29, 0.717) is 13.2 Å². The number of nitro benzene ring substituents is 1. The Hall–Kier alpha value is -1.40. The van der Waals surface area contributed by atoms with Crippen LogP contribution < -0.4 is 5.32 Å². The van der Waals surface area contributed by atoms with Gasteiger partial charge >= 0.3 is 0 Å². The van der Waals surface area contributed by atoms with Gasteiger partial charge in [-0.3, -0.25) is 10.1 Å².